The Hall–Kier alpha value is -1.38. The van der Waals surface area contributed by atoms with Crippen molar-refractivity contribution in [1.29, 1.82) is 0 Å². The minimum Gasteiger partial charge on any atom is -0.598 e. The van der Waals surface area contributed by atoms with Gasteiger partial charge in [0.1, 0.15) is 10.6 Å². The van der Waals surface area contributed by atoms with Crippen LogP contribution < -0.4 is 4.72 Å². The van der Waals surface area contributed by atoms with E-state index in [2.05, 4.69) is 9.71 Å². The maximum absolute atomic E-state index is 13.8. The molecule has 1 aromatic heterocycles. The van der Waals surface area contributed by atoms with E-state index in [1.54, 1.807) is 0 Å². The highest BCUT2D eigenvalue weighted by Crippen LogP contribution is 2.52. The first-order valence-corrected chi connectivity index (χ1v) is 9.58. The molecule has 1 aliphatic heterocycles. The summed E-state index contributed by atoms with van der Waals surface area (Å²) in [5.74, 6) is -0.410. The molecule has 0 aromatic carbocycles. The van der Waals surface area contributed by atoms with Crippen LogP contribution in [-0.4, -0.2) is 43.5 Å². The van der Waals surface area contributed by atoms with E-state index in [0.29, 0.717) is 32.4 Å². The van der Waals surface area contributed by atoms with Gasteiger partial charge in [0.2, 0.25) is 0 Å². The van der Waals surface area contributed by atoms with Gasteiger partial charge >= 0.3 is 6.09 Å². The number of rotatable bonds is 2. The third-order valence-corrected chi connectivity index (χ3v) is 6.79. The molecule has 2 atom stereocenters. The average Bonchev–Trinajstić information content (AvgIpc) is 2.80. The van der Waals surface area contributed by atoms with Crippen molar-refractivity contribution in [1.82, 2.24) is 14.6 Å². The normalized spacial score (nSPS) is 23.6. The summed E-state index contributed by atoms with van der Waals surface area (Å²) < 4.78 is 29.2. The molecule has 0 bridgehead atoms. The zero-order chi connectivity index (χ0) is 18.4. The van der Waals surface area contributed by atoms with Gasteiger partial charge in [-0.1, -0.05) is 0 Å². The molecular formula is C17H24FN3O3S. The standard InChI is InChI=1S/C17H24FN3O3S/c1-16(2,3)25(24)20-14-12-8-11(18)10-19-13(12)9-17(14)4-6-21(7-5-17)15(22)23/h8,10,14,20H,4-7,9H2,1-3H3,(H,22,23)/t14-,25+/m0/s1. The smallest absolute Gasteiger partial charge is 0.407 e. The van der Waals surface area contributed by atoms with Crippen molar-refractivity contribution in [2.75, 3.05) is 13.1 Å². The fourth-order valence-corrected chi connectivity index (χ4v) is 4.67. The molecule has 1 fully saturated rings. The minimum absolute atomic E-state index is 0.282. The summed E-state index contributed by atoms with van der Waals surface area (Å²) in [6.07, 6.45) is 2.21. The first-order valence-electron chi connectivity index (χ1n) is 8.43. The van der Waals surface area contributed by atoms with Crippen molar-refractivity contribution in [3.63, 3.8) is 0 Å². The van der Waals surface area contributed by atoms with Gasteiger partial charge in [-0.05, 0) is 51.7 Å². The lowest BCUT2D eigenvalue weighted by Crippen LogP contribution is -2.50. The van der Waals surface area contributed by atoms with Crippen LogP contribution in [0.25, 0.3) is 0 Å². The molecule has 1 spiro atoms. The highest BCUT2D eigenvalue weighted by Gasteiger charge is 2.51. The fraction of sp³-hybridized carbons (Fsp3) is 0.647. The Morgan fingerprint density at radius 3 is 2.68 bits per heavy atom. The Morgan fingerprint density at radius 2 is 2.12 bits per heavy atom. The summed E-state index contributed by atoms with van der Waals surface area (Å²) in [4.78, 5) is 16.9. The number of likely N-dealkylation sites (tertiary alicyclic amines) is 1. The summed E-state index contributed by atoms with van der Waals surface area (Å²) in [6.45, 7) is 6.50. The van der Waals surface area contributed by atoms with E-state index in [1.165, 1.54) is 17.2 Å². The van der Waals surface area contributed by atoms with Gasteiger partial charge in [0.25, 0.3) is 0 Å². The number of hydrogen-bond acceptors (Lipinski definition) is 4. The van der Waals surface area contributed by atoms with Gasteiger partial charge < -0.3 is 14.6 Å². The summed E-state index contributed by atoms with van der Waals surface area (Å²) in [5.41, 5.74) is 1.28. The van der Waals surface area contributed by atoms with Crippen molar-refractivity contribution in [2.24, 2.45) is 5.41 Å². The minimum atomic E-state index is -1.32. The van der Waals surface area contributed by atoms with Crippen LogP contribution in [-0.2, 0) is 17.8 Å². The Labute approximate surface area is 150 Å². The largest absolute Gasteiger partial charge is 0.598 e. The van der Waals surface area contributed by atoms with Crippen molar-refractivity contribution in [2.45, 2.75) is 50.8 Å². The van der Waals surface area contributed by atoms with Gasteiger partial charge in [-0.25, -0.2) is 9.18 Å². The summed E-state index contributed by atoms with van der Waals surface area (Å²) in [6, 6.07) is 1.18. The average molecular weight is 369 g/mol. The zero-order valence-corrected chi connectivity index (χ0v) is 15.5. The molecule has 2 heterocycles. The zero-order valence-electron chi connectivity index (χ0n) is 14.7. The number of piperidine rings is 1. The number of amides is 1. The Kier molecular flexibility index (Phi) is 4.72. The highest BCUT2D eigenvalue weighted by atomic mass is 32.2. The Bertz CT molecular complexity index is 672. The second-order valence-corrected chi connectivity index (χ2v) is 9.93. The number of halogens is 1. The molecule has 1 aliphatic carbocycles. The van der Waals surface area contributed by atoms with E-state index < -0.39 is 28.0 Å². The second kappa shape index (κ2) is 6.41. The predicted octanol–water partition coefficient (Wildman–Crippen LogP) is 2.63. The third kappa shape index (κ3) is 3.47. The van der Waals surface area contributed by atoms with Gasteiger partial charge in [-0.15, -0.1) is 4.72 Å². The van der Waals surface area contributed by atoms with Crippen molar-refractivity contribution in [3.8, 4) is 0 Å². The van der Waals surface area contributed by atoms with Gasteiger partial charge in [-0.3, -0.25) is 4.98 Å². The van der Waals surface area contributed by atoms with Crippen LogP contribution in [0.5, 0.6) is 0 Å². The number of hydrogen-bond donors (Lipinski definition) is 2. The quantitative estimate of drug-likeness (QED) is 0.783. The van der Waals surface area contributed by atoms with E-state index in [-0.39, 0.29) is 11.5 Å². The number of pyridine rings is 1. The second-order valence-electron chi connectivity index (χ2n) is 7.93. The van der Waals surface area contributed by atoms with Gasteiger partial charge in [0, 0.05) is 35.6 Å². The van der Waals surface area contributed by atoms with Crippen molar-refractivity contribution >= 4 is 17.5 Å². The molecule has 1 aromatic rings. The van der Waals surface area contributed by atoms with Gasteiger partial charge in [0.15, 0.2) is 0 Å². The maximum atomic E-state index is 13.8. The maximum Gasteiger partial charge on any atom is 0.407 e. The topological polar surface area (TPSA) is 88.5 Å². The van der Waals surface area contributed by atoms with Gasteiger partial charge in [-0.2, -0.15) is 0 Å². The van der Waals surface area contributed by atoms with Crippen LogP contribution in [0.3, 0.4) is 0 Å². The van der Waals surface area contributed by atoms with Crippen molar-refractivity contribution < 1.29 is 18.8 Å². The van der Waals surface area contributed by atoms with Crippen LogP contribution in [0.4, 0.5) is 9.18 Å². The molecule has 138 valence electrons. The van der Waals surface area contributed by atoms with Crippen LogP contribution >= 0.6 is 0 Å². The Morgan fingerprint density at radius 1 is 1.48 bits per heavy atom. The fourth-order valence-electron chi connectivity index (χ4n) is 3.73. The lowest BCUT2D eigenvalue weighted by molar-refractivity contribution is 0.0762. The van der Waals surface area contributed by atoms with E-state index in [4.69, 9.17) is 0 Å². The molecule has 6 nitrogen and oxygen atoms in total. The molecule has 25 heavy (non-hydrogen) atoms. The van der Waals surface area contributed by atoms with E-state index in [9.17, 15) is 18.8 Å². The van der Waals surface area contributed by atoms with Crippen LogP contribution in [0.2, 0.25) is 0 Å². The molecule has 0 unspecified atom stereocenters. The lowest BCUT2D eigenvalue weighted by atomic mass is 9.73. The number of nitrogens with zero attached hydrogens (tertiary/aromatic N) is 2. The molecule has 0 radical (unpaired) electrons. The Balaban J connectivity index is 1.91. The van der Waals surface area contributed by atoms with Crippen molar-refractivity contribution in [3.05, 3.63) is 29.3 Å². The van der Waals surface area contributed by atoms with E-state index in [0.717, 1.165) is 11.3 Å². The molecule has 1 saturated heterocycles. The van der Waals surface area contributed by atoms with Crippen LogP contribution in [0, 0.1) is 11.2 Å². The number of carbonyl (C=O) groups is 1. The first kappa shape index (κ1) is 18.4. The first-order chi connectivity index (χ1) is 11.6. The molecule has 2 N–H and O–H groups in total. The monoisotopic (exact) mass is 369 g/mol. The molecular weight excluding hydrogens is 345 g/mol. The lowest BCUT2D eigenvalue weighted by Gasteiger charge is -2.42. The van der Waals surface area contributed by atoms with E-state index >= 15 is 0 Å². The van der Waals surface area contributed by atoms with E-state index in [1.807, 2.05) is 20.8 Å². The molecule has 2 aliphatic rings. The van der Waals surface area contributed by atoms with Crippen LogP contribution in [0.1, 0.15) is 50.9 Å². The summed E-state index contributed by atoms with van der Waals surface area (Å²) in [7, 11) is 0. The number of carboxylic acid groups (broad SMARTS) is 1. The highest BCUT2D eigenvalue weighted by molar-refractivity contribution is 7.90. The molecule has 1 amide bonds. The molecule has 3 rings (SSSR count). The molecule has 0 saturated carbocycles. The number of aromatic nitrogens is 1. The number of nitrogens with one attached hydrogen (secondary N) is 1. The molecule has 8 heteroatoms. The third-order valence-electron chi connectivity index (χ3n) is 5.22. The number of fused-ring (bicyclic) bond motifs is 1. The van der Waals surface area contributed by atoms with Gasteiger partial charge in [0.05, 0.1) is 12.2 Å². The van der Waals surface area contributed by atoms with Crippen LogP contribution in [0.15, 0.2) is 12.3 Å². The SMILES string of the molecule is CC(C)(C)[S@@+]([O-])N[C@H]1c2cc(F)cnc2CC12CCN(C(=O)O)CC2. The predicted molar refractivity (Wildman–Crippen MR) is 92.9 cm³/mol. The summed E-state index contributed by atoms with van der Waals surface area (Å²) in [5, 5.41) is 9.20. The summed E-state index contributed by atoms with van der Waals surface area (Å²) >= 11 is -1.32.